The molecule has 33 heavy (non-hydrogen) atoms. The third kappa shape index (κ3) is 5.53. The van der Waals surface area contributed by atoms with Crippen molar-refractivity contribution in [3.63, 3.8) is 0 Å². The van der Waals surface area contributed by atoms with Crippen LogP contribution in [0.4, 0.5) is 5.69 Å². The van der Waals surface area contributed by atoms with Gasteiger partial charge in [-0.05, 0) is 36.4 Å². The van der Waals surface area contributed by atoms with E-state index in [4.69, 9.17) is 16.3 Å². The number of aromatic carboxylic acids is 1. The zero-order valence-corrected chi connectivity index (χ0v) is 19.0. The largest absolute Gasteiger partial charge is 0.476 e. The first-order valence-corrected chi connectivity index (χ1v) is 11.1. The molecule has 1 aromatic heterocycles. The van der Waals surface area contributed by atoms with Crippen LogP contribution in [0.15, 0.2) is 48.5 Å². The van der Waals surface area contributed by atoms with Gasteiger partial charge in [0.2, 0.25) is 0 Å². The molecule has 2 aromatic carbocycles. The lowest BCUT2D eigenvalue weighted by atomic mass is 10.1. The lowest BCUT2D eigenvalue weighted by Crippen LogP contribution is -2.47. The van der Waals surface area contributed by atoms with Crippen molar-refractivity contribution >= 4 is 29.2 Å². The molecule has 2 heterocycles. The van der Waals surface area contributed by atoms with Gasteiger partial charge in [0.15, 0.2) is 5.69 Å². The summed E-state index contributed by atoms with van der Waals surface area (Å²) in [5.74, 6) is -0.842. The highest BCUT2D eigenvalue weighted by atomic mass is 35.5. The highest BCUT2D eigenvalue weighted by Gasteiger charge is 2.20. The first-order chi connectivity index (χ1) is 15.9. The number of carboxylic acids is 1. The van der Waals surface area contributed by atoms with Gasteiger partial charge in [0.05, 0.1) is 5.69 Å². The van der Waals surface area contributed by atoms with Gasteiger partial charge in [-0.1, -0.05) is 23.7 Å². The zero-order valence-electron chi connectivity index (χ0n) is 18.3. The molecule has 1 aliphatic heterocycles. The Morgan fingerprint density at radius 3 is 2.27 bits per heavy atom. The number of piperazine rings is 1. The number of carbonyl (C=O) groups excluding carboxylic acids is 1. The lowest BCUT2D eigenvalue weighted by Gasteiger charge is -2.36. The van der Waals surface area contributed by atoms with Crippen LogP contribution in [-0.4, -0.2) is 71.2 Å². The number of H-pyrrole nitrogens is 1. The summed E-state index contributed by atoms with van der Waals surface area (Å²) in [7, 11) is 0. The quantitative estimate of drug-likeness (QED) is 0.509. The summed E-state index contributed by atoms with van der Waals surface area (Å²) in [5, 5.41) is 10.2. The minimum Gasteiger partial charge on any atom is -0.476 e. The third-order valence-corrected chi connectivity index (χ3v) is 5.88. The fourth-order valence-corrected chi connectivity index (χ4v) is 3.99. The van der Waals surface area contributed by atoms with Gasteiger partial charge < -0.3 is 19.7 Å². The number of anilines is 1. The molecule has 3 aromatic rings. The van der Waals surface area contributed by atoms with Gasteiger partial charge in [-0.2, -0.15) is 0 Å². The fourth-order valence-electron chi connectivity index (χ4n) is 3.87. The van der Waals surface area contributed by atoms with Crippen molar-refractivity contribution in [1.82, 2.24) is 14.9 Å². The Labute approximate surface area is 196 Å². The molecule has 0 atom stereocenters. The van der Waals surface area contributed by atoms with Gasteiger partial charge >= 0.3 is 11.9 Å². The highest BCUT2D eigenvalue weighted by molar-refractivity contribution is 6.30. The molecule has 8 nitrogen and oxygen atoms in total. The Balaban J connectivity index is 1.44. The van der Waals surface area contributed by atoms with Crippen LogP contribution in [0.5, 0.6) is 0 Å². The highest BCUT2D eigenvalue weighted by Crippen LogP contribution is 2.28. The van der Waals surface area contributed by atoms with E-state index in [9.17, 15) is 14.7 Å². The number of aromatic amines is 1. The number of carbonyl (C=O) groups is 2. The number of aromatic nitrogens is 2. The van der Waals surface area contributed by atoms with Gasteiger partial charge in [-0.25, -0.2) is 9.78 Å². The van der Waals surface area contributed by atoms with E-state index in [-0.39, 0.29) is 11.7 Å². The van der Waals surface area contributed by atoms with Crippen LogP contribution < -0.4 is 4.90 Å². The summed E-state index contributed by atoms with van der Waals surface area (Å²) < 4.78 is 5.02. The topological polar surface area (TPSA) is 98.8 Å². The minimum atomic E-state index is -1.09. The van der Waals surface area contributed by atoms with Gasteiger partial charge in [0, 0.05) is 61.5 Å². The number of carboxylic acid groups (broad SMARTS) is 1. The van der Waals surface area contributed by atoms with E-state index in [1.165, 1.54) is 6.92 Å². The molecule has 0 aliphatic carbocycles. The first-order valence-electron chi connectivity index (χ1n) is 10.7. The van der Waals surface area contributed by atoms with E-state index >= 15 is 0 Å². The number of hydrogen-bond donors (Lipinski definition) is 2. The molecule has 172 valence electrons. The number of nitrogens with one attached hydrogen (secondary N) is 1. The molecule has 4 rings (SSSR count). The van der Waals surface area contributed by atoms with Gasteiger partial charge in [0.1, 0.15) is 12.4 Å². The molecule has 0 saturated carbocycles. The maximum atomic E-state index is 11.7. The Morgan fingerprint density at radius 1 is 1.03 bits per heavy atom. The summed E-state index contributed by atoms with van der Waals surface area (Å²) >= 11 is 5.96. The zero-order chi connectivity index (χ0) is 23.4. The molecule has 0 spiro atoms. The van der Waals surface area contributed by atoms with Crippen LogP contribution in [0, 0.1) is 0 Å². The van der Waals surface area contributed by atoms with E-state index < -0.39 is 5.97 Å². The number of hydrogen-bond acceptors (Lipinski definition) is 6. The predicted octanol–water partition coefficient (Wildman–Crippen LogP) is 3.78. The average molecular weight is 469 g/mol. The number of benzene rings is 2. The van der Waals surface area contributed by atoms with Crippen molar-refractivity contribution in [3.05, 3.63) is 59.2 Å². The molecular weight excluding hydrogens is 444 g/mol. The van der Waals surface area contributed by atoms with Crippen molar-refractivity contribution in [2.24, 2.45) is 0 Å². The Kier molecular flexibility index (Phi) is 6.96. The van der Waals surface area contributed by atoms with Gasteiger partial charge in [-0.3, -0.25) is 9.69 Å². The normalized spacial score (nSPS) is 14.3. The molecule has 0 bridgehead atoms. The molecule has 2 N–H and O–H groups in total. The second kappa shape index (κ2) is 10.1. The van der Waals surface area contributed by atoms with Crippen molar-refractivity contribution in [2.45, 2.75) is 6.92 Å². The van der Waals surface area contributed by atoms with E-state index in [2.05, 4.69) is 19.8 Å². The molecule has 1 saturated heterocycles. The number of ether oxygens (including phenoxy) is 1. The number of rotatable bonds is 7. The second-order valence-electron chi connectivity index (χ2n) is 7.84. The SMILES string of the molecule is CC(=O)OCCN1CCN(c2ccc(-c3nc(C(=O)O)c(-c4ccc(Cl)cc4)[nH]3)cc2)CC1. The number of imidazole rings is 1. The second-order valence-corrected chi connectivity index (χ2v) is 8.27. The summed E-state index contributed by atoms with van der Waals surface area (Å²) in [6.45, 7) is 6.14. The van der Waals surface area contributed by atoms with E-state index in [0.717, 1.165) is 44.0 Å². The third-order valence-electron chi connectivity index (χ3n) is 5.63. The van der Waals surface area contributed by atoms with Gasteiger partial charge in [0.25, 0.3) is 0 Å². The van der Waals surface area contributed by atoms with Crippen molar-refractivity contribution in [2.75, 3.05) is 44.2 Å². The molecule has 0 radical (unpaired) electrons. The summed E-state index contributed by atoms with van der Waals surface area (Å²) in [4.78, 5) is 34.7. The van der Waals surface area contributed by atoms with Crippen LogP contribution >= 0.6 is 11.6 Å². The van der Waals surface area contributed by atoms with Crippen LogP contribution in [0.1, 0.15) is 17.4 Å². The van der Waals surface area contributed by atoms with Crippen molar-refractivity contribution in [1.29, 1.82) is 0 Å². The maximum absolute atomic E-state index is 11.7. The molecule has 1 fully saturated rings. The predicted molar refractivity (Wildman–Crippen MR) is 127 cm³/mol. The number of halogens is 1. The van der Waals surface area contributed by atoms with E-state index in [0.29, 0.717) is 28.7 Å². The monoisotopic (exact) mass is 468 g/mol. The first kappa shape index (κ1) is 22.8. The van der Waals surface area contributed by atoms with Crippen LogP contribution in [0.2, 0.25) is 5.02 Å². The summed E-state index contributed by atoms with van der Waals surface area (Å²) in [6, 6.07) is 14.9. The fraction of sp³-hybridized carbons (Fsp3) is 0.292. The Morgan fingerprint density at radius 2 is 1.67 bits per heavy atom. The molecule has 9 heteroatoms. The molecule has 0 amide bonds. The Bertz CT molecular complexity index is 1120. The summed E-state index contributed by atoms with van der Waals surface area (Å²) in [6.07, 6.45) is 0. The van der Waals surface area contributed by atoms with Crippen LogP contribution in [-0.2, 0) is 9.53 Å². The van der Waals surface area contributed by atoms with E-state index in [1.807, 2.05) is 24.3 Å². The average Bonchev–Trinajstić information content (AvgIpc) is 3.26. The number of esters is 1. The minimum absolute atomic E-state index is 0.0266. The number of nitrogens with zero attached hydrogens (tertiary/aromatic N) is 3. The standard InChI is InChI=1S/C24H25ClN4O4/c1-16(30)33-15-14-28-10-12-29(13-11-28)20-8-4-18(5-9-20)23-26-21(22(27-23)24(31)32)17-2-6-19(25)7-3-17/h2-9H,10-15H2,1H3,(H,26,27)(H,31,32). The lowest BCUT2D eigenvalue weighted by molar-refractivity contribution is -0.141. The molecule has 0 unspecified atom stereocenters. The van der Waals surface area contributed by atoms with Crippen LogP contribution in [0.3, 0.4) is 0 Å². The summed E-state index contributed by atoms with van der Waals surface area (Å²) in [5.41, 5.74) is 3.03. The Hall–Kier alpha value is -3.36. The van der Waals surface area contributed by atoms with Crippen LogP contribution in [0.25, 0.3) is 22.6 Å². The maximum Gasteiger partial charge on any atom is 0.356 e. The van der Waals surface area contributed by atoms with E-state index in [1.54, 1.807) is 24.3 Å². The van der Waals surface area contributed by atoms with Crippen molar-refractivity contribution in [3.8, 4) is 22.6 Å². The smallest absolute Gasteiger partial charge is 0.356 e. The molecular formula is C24H25ClN4O4. The van der Waals surface area contributed by atoms with Gasteiger partial charge in [-0.15, -0.1) is 0 Å². The molecule has 1 aliphatic rings. The van der Waals surface area contributed by atoms with Crippen molar-refractivity contribution < 1.29 is 19.4 Å².